The number of hydrogen-bond donors (Lipinski definition) is 1. The second kappa shape index (κ2) is 10.3. The average molecular weight is 426 g/mol. The Hall–Kier alpha value is -1.80. The molecule has 0 atom stereocenters. The fourth-order valence-corrected chi connectivity index (χ4v) is 4.88. The van der Waals surface area contributed by atoms with E-state index in [2.05, 4.69) is 5.32 Å². The lowest BCUT2D eigenvalue weighted by molar-refractivity contribution is -0.134. The maximum absolute atomic E-state index is 12.9. The van der Waals surface area contributed by atoms with Gasteiger partial charge in [0.25, 0.3) is 0 Å². The third kappa shape index (κ3) is 5.85. The third-order valence-corrected chi connectivity index (χ3v) is 7.09. The zero-order chi connectivity index (χ0) is 21.6. The molecule has 1 saturated carbocycles. The highest BCUT2D eigenvalue weighted by Gasteiger charge is 2.27. The van der Waals surface area contributed by atoms with Crippen LogP contribution in [0.2, 0.25) is 0 Å². The lowest BCUT2D eigenvalue weighted by Crippen LogP contribution is -2.48. The summed E-state index contributed by atoms with van der Waals surface area (Å²) >= 11 is 0. The van der Waals surface area contributed by atoms with Crippen molar-refractivity contribution >= 4 is 21.6 Å². The summed E-state index contributed by atoms with van der Waals surface area (Å²) in [4.78, 5) is 15.0. The van der Waals surface area contributed by atoms with Crippen molar-refractivity contribution in [1.29, 1.82) is 0 Å². The SMILES string of the molecule is CCOc1ccc(NCC(=O)N(C(C)C)C2CCCCC2)cc1S(=O)(=O)N(C)C. The van der Waals surface area contributed by atoms with Crippen LogP contribution in [0.15, 0.2) is 23.1 Å². The van der Waals surface area contributed by atoms with Crippen LogP contribution in [0, 0.1) is 0 Å². The van der Waals surface area contributed by atoms with Gasteiger partial charge in [0.1, 0.15) is 10.6 Å². The van der Waals surface area contributed by atoms with Gasteiger partial charge in [-0.1, -0.05) is 19.3 Å². The van der Waals surface area contributed by atoms with E-state index in [1.807, 2.05) is 25.7 Å². The molecule has 2 rings (SSSR count). The van der Waals surface area contributed by atoms with Gasteiger partial charge in [-0.2, -0.15) is 0 Å². The van der Waals surface area contributed by atoms with E-state index in [-0.39, 0.29) is 23.4 Å². The van der Waals surface area contributed by atoms with Crippen molar-refractivity contribution in [3.8, 4) is 5.75 Å². The fraction of sp³-hybridized carbons (Fsp3) is 0.667. The van der Waals surface area contributed by atoms with Crippen LogP contribution in [-0.4, -0.2) is 62.9 Å². The van der Waals surface area contributed by atoms with E-state index in [9.17, 15) is 13.2 Å². The highest BCUT2D eigenvalue weighted by Crippen LogP contribution is 2.29. The molecule has 1 N–H and O–H groups in total. The largest absolute Gasteiger partial charge is 0.492 e. The van der Waals surface area contributed by atoms with Crippen molar-refractivity contribution in [2.75, 3.05) is 32.6 Å². The molecule has 0 radical (unpaired) electrons. The number of hydrogen-bond acceptors (Lipinski definition) is 5. The van der Waals surface area contributed by atoms with Gasteiger partial charge in [0.2, 0.25) is 15.9 Å². The molecule has 8 heteroatoms. The first-order chi connectivity index (χ1) is 13.7. The monoisotopic (exact) mass is 425 g/mol. The quantitative estimate of drug-likeness (QED) is 0.657. The van der Waals surface area contributed by atoms with Crippen molar-refractivity contribution in [3.63, 3.8) is 0 Å². The van der Waals surface area contributed by atoms with Crippen molar-refractivity contribution < 1.29 is 17.9 Å². The summed E-state index contributed by atoms with van der Waals surface area (Å²) in [5, 5.41) is 3.11. The molecule has 0 saturated heterocycles. The van der Waals surface area contributed by atoms with Gasteiger partial charge in [-0.3, -0.25) is 4.79 Å². The number of carbonyl (C=O) groups excluding carboxylic acids is 1. The molecular formula is C21H35N3O4S. The number of rotatable bonds is 9. The van der Waals surface area contributed by atoms with Crippen molar-refractivity contribution in [2.24, 2.45) is 0 Å². The summed E-state index contributed by atoms with van der Waals surface area (Å²) in [6.07, 6.45) is 5.68. The molecule has 0 unspecified atom stereocenters. The zero-order valence-corrected chi connectivity index (χ0v) is 19.1. The molecule has 164 valence electrons. The molecule has 1 aliphatic rings. The number of carbonyl (C=O) groups is 1. The minimum absolute atomic E-state index is 0.0396. The van der Waals surface area contributed by atoms with E-state index in [1.54, 1.807) is 12.1 Å². The molecule has 1 fully saturated rings. The molecule has 1 amide bonds. The van der Waals surface area contributed by atoms with E-state index in [4.69, 9.17) is 4.74 Å². The van der Waals surface area contributed by atoms with Crippen LogP contribution >= 0.6 is 0 Å². The number of anilines is 1. The van der Waals surface area contributed by atoms with Crippen LogP contribution in [0.25, 0.3) is 0 Å². The first-order valence-electron chi connectivity index (χ1n) is 10.4. The lowest BCUT2D eigenvalue weighted by atomic mass is 9.93. The predicted molar refractivity (Wildman–Crippen MR) is 116 cm³/mol. The topological polar surface area (TPSA) is 79.0 Å². The van der Waals surface area contributed by atoms with Crippen LogP contribution in [-0.2, 0) is 14.8 Å². The average Bonchev–Trinajstić information content (AvgIpc) is 2.67. The normalized spacial score (nSPS) is 15.6. The summed E-state index contributed by atoms with van der Waals surface area (Å²) in [6, 6.07) is 5.34. The molecule has 29 heavy (non-hydrogen) atoms. The molecule has 1 aliphatic carbocycles. The Morgan fingerprint density at radius 3 is 2.41 bits per heavy atom. The second-order valence-corrected chi connectivity index (χ2v) is 10.0. The van der Waals surface area contributed by atoms with E-state index in [0.717, 1.165) is 17.1 Å². The molecule has 0 heterocycles. The molecule has 7 nitrogen and oxygen atoms in total. The molecule has 0 spiro atoms. The van der Waals surface area contributed by atoms with Gasteiger partial charge in [-0.25, -0.2) is 12.7 Å². The minimum Gasteiger partial charge on any atom is -0.492 e. The smallest absolute Gasteiger partial charge is 0.246 e. The Labute approximate surface area is 175 Å². The number of ether oxygens (including phenoxy) is 1. The highest BCUT2D eigenvalue weighted by molar-refractivity contribution is 7.89. The van der Waals surface area contributed by atoms with Gasteiger partial charge in [-0.05, 0) is 51.8 Å². The van der Waals surface area contributed by atoms with Crippen LogP contribution in [0.3, 0.4) is 0 Å². The van der Waals surface area contributed by atoms with Gasteiger partial charge < -0.3 is 15.0 Å². The van der Waals surface area contributed by atoms with Crippen LogP contribution in [0.5, 0.6) is 5.75 Å². The van der Waals surface area contributed by atoms with Crippen molar-refractivity contribution in [3.05, 3.63) is 18.2 Å². The van der Waals surface area contributed by atoms with Gasteiger partial charge in [-0.15, -0.1) is 0 Å². The summed E-state index contributed by atoms with van der Waals surface area (Å²) in [5.41, 5.74) is 0.578. The van der Waals surface area contributed by atoms with Gasteiger partial charge >= 0.3 is 0 Å². The summed E-state index contributed by atoms with van der Waals surface area (Å²) in [7, 11) is -0.694. The van der Waals surface area contributed by atoms with Gasteiger partial charge in [0.05, 0.1) is 13.2 Å². The Kier molecular flexibility index (Phi) is 8.34. The number of benzene rings is 1. The first kappa shape index (κ1) is 23.5. The molecule has 0 aromatic heterocycles. The molecule has 1 aromatic carbocycles. The summed E-state index contributed by atoms with van der Waals surface area (Å²) in [5.74, 6) is 0.349. The maximum Gasteiger partial charge on any atom is 0.246 e. The van der Waals surface area contributed by atoms with E-state index < -0.39 is 10.0 Å². The summed E-state index contributed by atoms with van der Waals surface area (Å²) in [6.45, 7) is 6.40. The number of nitrogens with one attached hydrogen (secondary N) is 1. The number of amides is 1. The summed E-state index contributed by atoms with van der Waals surface area (Å²) < 4.78 is 32.0. The fourth-order valence-electron chi connectivity index (χ4n) is 3.83. The van der Waals surface area contributed by atoms with Crippen molar-refractivity contribution in [2.45, 2.75) is 69.9 Å². The second-order valence-electron chi connectivity index (χ2n) is 7.92. The number of nitrogens with zero attached hydrogens (tertiary/aromatic N) is 2. The van der Waals surface area contributed by atoms with Gasteiger partial charge in [0.15, 0.2) is 0 Å². The maximum atomic E-state index is 12.9. The molecule has 1 aromatic rings. The minimum atomic E-state index is -3.66. The lowest BCUT2D eigenvalue weighted by Gasteiger charge is -2.37. The Morgan fingerprint density at radius 1 is 1.21 bits per heavy atom. The van der Waals surface area contributed by atoms with Gasteiger partial charge in [0, 0.05) is 31.9 Å². The molecule has 0 bridgehead atoms. The van der Waals surface area contributed by atoms with E-state index in [1.165, 1.54) is 39.4 Å². The van der Waals surface area contributed by atoms with Crippen LogP contribution < -0.4 is 10.1 Å². The van der Waals surface area contributed by atoms with Crippen molar-refractivity contribution in [1.82, 2.24) is 9.21 Å². The molecule has 0 aliphatic heterocycles. The third-order valence-electron chi connectivity index (χ3n) is 5.26. The highest BCUT2D eigenvalue weighted by atomic mass is 32.2. The Morgan fingerprint density at radius 2 is 1.86 bits per heavy atom. The van der Waals surface area contributed by atoms with Crippen LogP contribution in [0.4, 0.5) is 5.69 Å². The van der Waals surface area contributed by atoms with E-state index in [0.29, 0.717) is 24.1 Å². The predicted octanol–water partition coefficient (Wildman–Crippen LogP) is 3.32. The number of sulfonamides is 1. The zero-order valence-electron chi connectivity index (χ0n) is 18.3. The van der Waals surface area contributed by atoms with Crippen LogP contribution in [0.1, 0.15) is 52.9 Å². The standard InChI is InChI=1S/C21H35N3O4S/c1-6-28-19-13-12-17(14-20(19)29(26,27)23(4)5)22-15-21(25)24(16(2)3)18-10-8-7-9-11-18/h12-14,16,18,22H,6-11,15H2,1-5H3. The first-order valence-corrected chi connectivity index (χ1v) is 11.9. The Balaban J connectivity index is 2.17. The molecular weight excluding hydrogens is 390 g/mol. The Bertz CT molecular complexity index is 787. The van der Waals surface area contributed by atoms with E-state index >= 15 is 0 Å².